The summed E-state index contributed by atoms with van der Waals surface area (Å²) < 4.78 is 22.9. The number of ether oxygens (including phenoxy) is 4. The number of rotatable bonds is 61. The average molecular weight is 1180 g/mol. The Hall–Kier alpha value is -4.83. The maximum atomic E-state index is 12.9. The summed E-state index contributed by atoms with van der Waals surface area (Å²) in [6, 6.07) is 0. The fourth-order valence-electron chi connectivity index (χ4n) is 8.90. The Kier molecular flexibility index (Phi) is 61.4. The third-order valence-electron chi connectivity index (χ3n) is 14.1. The SMILES string of the molecule is CC/C=C\C/C=C\C/C=C\C/C=C\C/C=C\C/C=C\C/C=C\C/C=C\C/C=C\CCCCCCCCCC(=O)OC(COC(=O)CCCCCCCCCCCC/C=C\C/C=C\C/C=C\CCCCCCC)COC(OCC[N+](C)(C)C)C(=O)O. The largest absolute Gasteiger partial charge is 0.477 e. The van der Waals surface area contributed by atoms with Crippen molar-refractivity contribution >= 4 is 17.9 Å². The molecular weight excluding hydrogens is 1050 g/mol. The highest BCUT2D eigenvalue weighted by molar-refractivity contribution is 5.71. The van der Waals surface area contributed by atoms with Crippen molar-refractivity contribution < 1.29 is 42.9 Å². The van der Waals surface area contributed by atoms with Gasteiger partial charge in [-0.1, -0.05) is 269 Å². The quantitative estimate of drug-likeness (QED) is 0.0211. The summed E-state index contributed by atoms with van der Waals surface area (Å²) in [5.41, 5.74) is 0. The molecule has 0 rings (SSSR count). The number of allylic oxidation sites excluding steroid dienone is 24. The van der Waals surface area contributed by atoms with E-state index in [1.807, 2.05) is 21.1 Å². The molecule has 0 aliphatic carbocycles. The van der Waals surface area contributed by atoms with Crippen molar-refractivity contribution in [3.05, 3.63) is 146 Å². The molecule has 0 bridgehead atoms. The van der Waals surface area contributed by atoms with Gasteiger partial charge in [0.15, 0.2) is 6.10 Å². The molecule has 0 spiro atoms. The number of unbranched alkanes of at least 4 members (excludes halogenated alkanes) is 22. The van der Waals surface area contributed by atoms with E-state index < -0.39 is 24.3 Å². The van der Waals surface area contributed by atoms with E-state index in [0.29, 0.717) is 17.4 Å². The highest BCUT2D eigenvalue weighted by atomic mass is 16.7. The molecule has 0 amide bonds. The molecule has 9 nitrogen and oxygen atoms in total. The van der Waals surface area contributed by atoms with Crippen LogP contribution < -0.4 is 0 Å². The molecule has 9 heteroatoms. The van der Waals surface area contributed by atoms with E-state index in [1.54, 1.807) is 0 Å². The standard InChI is InChI=1S/C76H125NO8/c1-6-8-10-12-14-16-18-20-22-24-26-28-30-32-33-34-35-36-37-38-39-40-41-43-45-47-49-51-53-55-57-59-61-63-65-67-74(79)85-72(71-84-76(75(80)81)82-69-68-77(3,4)5)70-83-73(78)66-64-62-60-58-56-54-52-50-48-46-44-42-31-29-27-25-23-21-19-17-15-13-11-9-7-2/h8,10,14,16,19-22,25-28,31-33,35-36,38-39,41-43,47,49,72,76H,6-7,9,11-13,15,17-18,23-24,29-30,34,37,40,44-46,48,50-71H2,1-5H3/p+1/b10-8-,16-14-,21-19-,22-20-,27-25-,28-26-,33-32-,36-35-,39-38-,42-31-,43-41-,49-47-. The molecule has 482 valence electrons. The maximum absolute atomic E-state index is 12.9. The van der Waals surface area contributed by atoms with Crippen molar-refractivity contribution in [1.29, 1.82) is 0 Å². The van der Waals surface area contributed by atoms with E-state index in [-0.39, 0.29) is 38.6 Å². The molecule has 0 aliphatic rings. The van der Waals surface area contributed by atoms with Crippen LogP contribution in [0.15, 0.2) is 146 Å². The first kappa shape index (κ1) is 80.2. The second kappa shape index (κ2) is 65.2. The zero-order valence-electron chi connectivity index (χ0n) is 55.0. The minimum absolute atomic E-state index is 0.177. The van der Waals surface area contributed by atoms with Crippen LogP contribution in [-0.4, -0.2) is 87.4 Å². The van der Waals surface area contributed by atoms with Gasteiger partial charge in [-0.2, -0.15) is 0 Å². The van der Waals surface area contributed by atoms with E-state index in [2.05, 4.69) is 160 Å². The van der Waals surface area contributed by atoms with Gasteiger partial charge in [0, 0.05) is 12.8 Å². The highest BCUT2D eigenvalue weighted by Gasteiger charge is 2.25. The minimum atomic E-state index is -1.52. The molecule has 0 aromatic heterocycles. The summed E-state index contributed by atoms with van der Waals surface area (Å²) in [7, 11) is 5.96. The van der Waals surface area contributed by atoms with Crippen LogP contribution in [0.4, 0.5) is 0 Å². The van der Waals surface area contributed by atoms with Crippen LogP contribution in [-0.2, 0) is 33.3 Å². The first-order valence-corrected chi connectivity index (χ1v) is 34.0. The highest BCUT2D eigenvalue weighted by Crippen LogP contribution is 2.15. The van der Waals surface area contributed by atoms with E-state index in [1.165, 1.54) is 109 Å². The molecule has 0 heterocycles. The number of carbonyl (C=O) groups excluding carboxylic acids is 2. The topological polar surface area (TPSA) is 108 Å². The van der Waals surface area contributed by atoms with Crippen molar-refractivity contribution in [1.82, 2.24) is 0 Å². The van der Waals surface area contributed by atoms with Gasteiger partial charge in [0.05, 0.1) is 34.4 Å². The number of aliphatic carboxylic acids is 1. The lowest BCUT2D eigenvalue weighted by atomic mass is 10.1. The van der Waals surface area contributed by atoms with Crippen LogP contribution in [0.5, 0.6) is 0 Å². The summed E-state index contributed by atoms with van der Waals surface area (Å²) in [4.78, 5) is 37.6. The molecule has 1 N–H and O–H groups in total. The number of carboxylic acids is 1. The summed E-state index contributed by atoms with van der Waals surface area (Å²) in [6.07, 6.45) is 92.2. The Morgan fingerprint density at radius 3 is 1.00 bits per heavy atom. The second-order valence-electron chi connectivity index (χ2n) is 23.4. The molecule has 2 unspecified atom stereocenters. The predicted octanol–water partition coefficient (Wildman–Crippen LogP) is 21.1. The molecule has 0 saturated heterocycles. The number of quaternary nitrogens is 1. The Morgan fingerprint density at radius 2 is 0.671 bits per heavy atom. The fourth-order valence-corrected chi connectivity index (χ4v) is 8.90. The molecule has 0 saturated carbocycles. The predicted molar refractivity (Wildman–Crippen MR) is 364 cm³/mol. The van der Waals surface area contributed by atoms with E-state index in [0.717, 1.165) is 116 Å². The first-order chi connectivity index (χ1) is 41.6. The molecule has 0 fully saturated rings. The monoisotopic (exact) mass is 1180 g/mol. The number of hydrogen-bond acceptors (Lipinski definition) is 7. The summed E-state index contributed by atoms with van der Waals surface area (Å²) in [6.45, 7) is 4.73. The number of esters is 2. The van der Waals surface area contributed by atoms with Gasteiger partial charge >= 0.3 is 17.9 Å². The summed E-state index contributed by atoms with van der Waals surface area (Å²) in [5, 5.41) is 9.74. The number of carbonyl (C=O) groups is 3. The van der Waals surface area contributed by atoms with Crippen LogP contribution in [0, 0.1) is 0 Å². The molecule has 0 aliphatic heterocycles. The van der Waals surface area contributed by atoms with Gasteiger partial charge in [0.25, 0.3) is 6.29 Å². The van der Waals surface area contributed by atoms with Crippen LogP contribution in [0.3, 0.4) is 0 Å². The van der Waals surface area contributed by atoms with Crippen molar-refractivity contribution in [3.63, 3.8) is 0 Å². The van der Waals surface area contributed by atoms with Crippen molar-refractivity contribution in [3.8, 4) is 0 Å². The van der Waals surface area contributed by atoms with Gasteiger partial charge in [-0.05, 0) is 122 Å². The van der Waals surface area contributed by atoms with Crippen LogP contribution in [0.2, 0.25) is 0 Å². The second-order valence-corrected chi connectivity index (χ2v) is 23.4. The van der Waals surface area contributed by atoms with Gasteiger partial charge in [0.1, 0.15) is 13.2 Å². The Labute approximate surface area is 522 Å². The fraction of sp³-hybridized carbons (Fsp3) is 0.645. The van der Waals surface area contributed by atoms with E-state index in [4.69, 9.17) is 18.9 Å². The number of hydrogen-bond donors (Lipinski definition) is 1. The van der Waals surface area contributed by atoms with Gasteiger partial charge in [-0.25, -0.2) is 4.79 Å². The van der Waals surface area contributed by atoms with Gasteiger partial charge < -0.3 is 28.5 Å². The van der Waals surface area contributed by atoms with Crippen LogP contribution >= 0.6 is 0 Å². The van der Waals surface area contributed by atoms with Gasteiger partial charge in [-0.3, -0.25) is 9.59 Å². The number of nitrogens with zero attached hydrogens (tertiary/aromatic N) is 1. The zero-order valence-corrected chi connectivity index (χ0v) is 55.0. The normalized spacial score (nSPS) is 13.7. The van der Waals surface area contributed by atoms with Crippen molar-refractivity contribution in [2.24, 2.45) is 0 Å². The number of carboxylic acid groups (broad SMARTS) is 1. The molecule has 0 aromatic carbocycles. The lowest BCUT2D eigenvalue weighted by Gasteiger charge is -2.25. The van der Waals surface area contributed by atoms with Crippen LogP contribution in [0.25, 0.3) is 0 Å². The van der Waals surface area contributed by atoms with Crippen LogP contribution in [0.1, 0.15) is 258 Å². The minimum Gasteiger partial charge on any atom is -0.477 e. The number of likely N-dealkylation sites (N-methyl/N-ethyl adjacent to an activating group) is 1. The third-order valence-corrected chi connectivity index (χ3v) is 14.1. The molecule has 0 aromatic rings. The molecular formula is C76H126NO8+. The Bertz CT molecular complexity index is 1900. The summed E-state index contributed by atoms with van der Waals surface area (Å²) >= 11 is 0. The summed E-state index contributed by atoms with van der Waals surface area (Å²) in [5.74, 6) is -2.04. The van der Waals surface area contributed by atoms with Gasteiger partial charge in [-0.15, -0.1) is 0 Å². The maximum Gasteiger partial charge on any atom is 0.361 e. The van der Waals surface area contributed by atoms with E-state index >= 15 is 0 Å². The van der Waals surface area contributed by atoms with Crippen molar-refractivity contribution in [2.75, 3.05) is 47.5 Å². The molecule has 85 heavy (non-hydrogen) atoms. The van der Waals surface area contributed by atoms with Crippen molar-refractivity contribution in [2.45, 2.75) is 270 Å². The van der Waals surface area contributed by atoms with E-state index in [9.17, 15) is 19.5 Å². The Morgan fingerprint density at radius 1 is 0.365 bits per heavy atom. The Balaban J connectivity index is 4.24. The van der Waals surface area contributed by atoms with Gasteiger partial charge in [0.2, 0.25) is 0 Å². The lowest BCUT2D eigenvalue weighted by Crippen LogP contribution is -2.40. The average Bonchev–Trinajstić information content (AvgIpc) is 3.48. The smallest absolute Gasteiger partial charge is 0.361 e. The third kappa shape index (κ3) is 66.5. The molecule has 2 atom stereocenters. The zero-order chi connectivity index (χ0) is 61.9. The molecule has 0 radical (unpaired) electrons. The lowest BCUT2D eigenvalue weighted by molar-refractivity contribution is -0.870. The first-order valence-electron chi connectivity index (χ1n) is 34.0.